The van der Waals surface area contributed by atoms with Crippen LogP contribution in [0.4, 0.5) is 11.8 Å². The van der Waals surface area contributed by atoms with Crippen molar-refractivity contribution in [3.05, 3.63) is 0 Å². The summed E-state index contributed by atoms with van der Waals surface area (Å²) < 4.78 is 0. The van der Waals surface area contributed by atoms with Crippen LogP contribution in [0, 0.1) is 0 Å². The Morgan fingerprint density at radius 1 is 0.562 bits per heavy atom. The highest BCUT2D eigenvalue weighted by Gasteiger charge is 2.25. The van der Waals surface area contributed by atoms with Crippen molar-refractivity contribution in [1.29, 1.82) is 0 Å². The van der Waals surface area contributed by atoms with Gasteiger partial charge in [-0.3, -0.25) is 0 Å². The van der Waals surface area contributed by atoms with E-state index in [1.165, 1.54) is 0 Å². The Bertz CT molecular complexity index is 897. The fourth-order valence-corrected chi connectivity index (χ4v) is 1.98. The van der Waals surface area contributed by atoms with Crippen molar-refractivity contribution in [3.8, 4) is 0 Å². The van der Waals surface area contributed by atoms with Gasteiger partial charge in [-0.1, -0.05) is 0 Å². The molecule has 0 amide bonds. The zero-order valence-electron chi connectivity index (χ0n) is 7.58. The summed E-state index contributed by atoms with van der Waals surface area (Å²) in [5.74, 6) is 0.905. The lowest BCUT2D eigenvalue weighted by Crippen LogP contribution is -2.02. The molecule has 0 atom stereocenters. The minimum Gasteiger partial charge on any atom is -0.207 e. The largest absolute Gasteiger partial charge is 0.271 e. The van der Waals surface area contributed by atoms with Crippen LogP contribution in [0.25, 0.3) is 33.0 Å². The molecule has 0 radical (unpaired) electrons. The van der Waals surface area contributed by atoms with Crippen LogP contribution in [0.5, 0.6) is 0 Å². The number of aromatic nitrogens is 6. The molecule has 0 fully saturated rings. The van der Waals surface area contributed by atoms with E-state index in [-0.39, 0.29) is 0 Å². The predicted octanol–water partition coefficient (Wildman–Crippen LogP) is 1.12. The lowest BCUT2D eigenvalue weighted by molar-refractivity contribution is 1.03. The van der Waals surface area contributed by atoms with Gasteiger partial charge in [0, 0.05) is 0 Å². The quantitative estimate of drug-likeness (QED) is 0.377. The van der Waals surface area contributed by atoms with E-state index in [0.717, 1.165) is 27.5 Å². The lowest BCUT2D eigenvalue weighted by Gasteiger charge is -2.08. The van der Waals surface area contributed by atoms with Crippen molar-refractivity contribution >= 4 is 44.7 Å². The fraction of sp³-hybridized carbons (Fsp3) is 0. The van der Waals surface area contributed by atoms with Crippen LogP contribution >= 0.6 is 0 Å². The summed E-state index contributed by atoms with van der Waals surface area (Å²) in [6, 6.07) is 0. The normalized spacial score (nSPS) is 14.0. The molecule has 2 bridgehead atoms. The zero-order valence-corrected chi connectivity index (χ0v) is 7.58. The minimum absolute atomic E-state index is 0.364. The van der Waals surface area contributed by atoms with Crippen LogP contribution < -0.4 is 0 Å². The summed E-state index contributed by atoms with van der Waals surface area (Å²) in [4.78, 5) is 8.39. The molecule has 4 aromatic rings. The van der Waals surface area contributed by atoms with Crippen molar-refractivity contribution in [3.63, 3.8) is 0 Å². The number of benzene rings is 1. The molecule has 3 aromatic heterocycles. The number of rotatable bonds is 0. The van der Waals surface area contributed by atoms with Gasteiger partial charge in [0.25, 0.3) is 5.95 Å². The Morgan fingerprint density at radius 2 is 1.25 bits per heavy atom. The molecular formula is C8N8. The molecule has 0 unspecified atom stereocenters. The van der Waals surface area contributed by atoms with E-state index in [1.807, 2.05) is 0 Å². The van der Waals surface area contributed by atoms with Gasteiger partial charge in [-0.05, 0) is 0 Å². The summed E-state index contributed by atoms with van der Waals surface area (Å²) in [6.45, 7) is 0. The van der Waals surface area contributed by atoms with Gasteiger partial charge in [0.1, 0.15) is 27.6 Å². The number of fused-ring (bicyclic) bond motifs is 9. The summed E-state index contributed by atoms with van der Waals surface area (Å²) in [7, 11) is 0. The molecule has 0 saturated carbocycles. The predicted molar refractivity (Wildman–Crippen MR) is 52.3 cm³/mol. The van der Waals surface area contributed by atoms with Crippen molar-refractivity contribution < 1.29 is 0 Å². The molecule has 0 saturated heterocycles. The molecule has 8 heteroatoms. The van der Waals surface area contributed by atoms with E-state index in [9.17, 15) is 0 Å². The fourth-order valence-electron chi connectivity index (χ4n) is 1.98. The van der Waals surface area contributed by atoms with Crippen LogP contribution in [-0.2, 0) is 0 Å². The third-order valence-corrected chi connectivity index (χ3v) is 2.75. The monoisotopic (exact) mass is 208 g/mol. The molecule has 16 heavy (non-hydrogen) atoms. The summed E-state index contributed by atoms with van der Waals surface area (Å²) in [5, 5.41) is 24.3. The molecule has 1 aliphatic rings. The number of azo groups is 1. The van der Waals surface area contributed by atoms with E-state index >= 15 is 0 Å². The van der Waals surface area contributed by atoms with Gasteiger partial charge < -0.3 is 0 Å². The molecule has 0 spiro atoms. The van der Waals surface area contributed by atoms with Crippen molar-refractivity contribution in [1.82, 2.24) is 30.4 Å². The molecule has 1 aromatic carbocycles. The van der Waals surface area contributed by atoms with E-state index in [0.29, 0.717) is 17.3 Å². The molecule has 5 rings (SSSR count). The van der Waals surface area contributed by atoms with Crippen molar-refractivity contribution in [2.24, 2.45) is 10.2 Å². The van der Waals surface area contributed by atoms with Gasteiger partial charge >= 0.3 is 0 Å². The average molecular weight is 208 g/mol. The maximum Gasteiger partial charge on any atom is 0.271 e. The van der Waals surface area contributed by atoms with Crippen LogP contribution in [0.2, 0.25) is 0 Å². The second-order valence-corrected chi connectivity index (χ2v) is 3.57. The van der Waals surface area contributed by atoms with Gasteiger partial charge in [0.05, 0.1) is 5.39 Å². The second-order valence-electron chi connectivity index (χ2n) is 3.57. The second kappa shape index (κ2) is 1.85. The van der Waals surface area contributed by atoms with Gasteiger partial charge in [0.2, 0.25) is 0 Å². The van der Waals surface area contributed by atoms with E-state index in [4.69, 9.17) is 0 Å². The highest BCUT2D eigenvalue weighted by molar-refractivity contribution is 6.23. The Balaban J connectivity index is 2.25. The Labute approximate surface area is 86.1 Å². The topological polar surface area (TPSA) is 102 Å². The number of nitrogens with zero attached hydrogens (tertiary/aromatic N) is 8. The van der Waals surface area contributed by atoms with Crippen LogP contribution in [-0.4, -0.2) is 30.4 Å². The van der Waals surface area contributed by atoms with E-state index in [1.54, 1.807) is 0 Å². The average Bonchev–Trinajstić information content (AvgIpc) is 2.58. The zero-order chi connectivity index (χ0) is 10.3. The van der Waals surface area contributed by atoms with Crippen molar-refractivity contribution in [2.45, 2.75) is 0 Å². The first kappa shape index (κ1) is 6.77. The first-order valence-electron chi connectivity index (χ1n) is 4.59. The van der Waals surface area contributed by atoms with Crippen LogP contribution in [0.15, 0.2) is 10.2 Å². The molecule has 1 aliphatic heterocycles. The molecule has 4 heterocycles. The summed E-state index contributed by atoms with van der Waals surface area (Å²) >= 11 is 0. The van der Waals surface area contributed by atoms with Crippen LogP contribution in [0.3, 0.4) is 0 Å². The first-order valence-corrected chi connectivity index (χ1v) is 4.59. The van der Waals surface area contributed by atoms with Gasteiger partial charge in [-0.25, -0.2) is 4.98 Å². The minimum atomic E-state index is 0.364. The molecule has 8 nitrogen and oxygen atoms in total. The van der Waals surface area contributed by atoms with E-state index in [2.05, 4.69) is 40.6 Å². The molecule has 0 N–H and O–H groups in total. The Morgan fingerprint density at radius 3 is 2.00 bits per heavy atom. The first-order chi connectivity index (χ1) is 7.92. The molecular weight excluding hydrogens is 208 g/mol. The smallest absolute Gasteiger partial charge is 0.207 e. The van der Waals surface area contributed by atoms with Crippen molar-refractivity contribution in [2.75, 3.05) is 0 Å². The van der Waals surface area contributed by atoms with E-state index < -0.39 is 0 Å². The number of hydrogen-bond donors (Lipinski definition) is 0. The third kappa shape index (κ3) is 0.521. The Hall–Kier alpha value is -2.64. The van der Waals surface area contributed by atoms with Gasteiger partial charge in [0.15, 0.2) is 5.82 Å². The maximum atomic E-state index is 4.27. The lowest BCUT2D eigenvalue weighted by atomic mass is 10.1. The summed E-state index contributed by atoms with van der Waals surface area (Å²) in [5.41, 5.74) is 3.72. The molecule has 0 aliphatic carbocycles. The Kier molecular flexibility index (Phi) is 0.783. The third-order valence-electron chi connectivity index (χ3n) is 2.75. The highest BCUT2D eigenvalue weighted by atomic mass is 15.3. The van der Waals surface area contributed by atoms with Gasteiger partial charge in [-0.2, -0.15) is 4.98 Å². The molecule has 72 valence electrons. The standard InChI is InChI=1S/C8N8/c9-2-1(7-10-8(9)16-15-7)3-5(13-11-3)6-4(2)12-14-6. The highest BCUT2D eigenvalue weighted by Crippen LogP contribution is 2.39. The van der Waals surface area contributed by atoms with Crippen LogP contribution in [0.1, 0.15) is 0 Å². The number of hydrogen-bond acceptors (Lipinski definition) is 8. The summed E-state index contributed by atoms with van der Waals surface area (Å²) in [6.07, 6.45) is 0. The maximum absolute atomic E-state index is 4.27. The SMILES string of the molecule is N1=Nc2nc1nc1c3nnc3c3nnc3c21. The van der Waals surface area contributed by atoms with Gasteiger partial charge in [-0.15, -0.1) is 30.6 Å².